The molecule has 1 aliphatic rings. The molecule has 0 aliphatic carbocycles. The van der Waals surface area contributed by atoms with E-state index in [-0.39, 0.29) is 24.8 Å². The summed E-state index contributed by atoms with van der Waals surface area (Å²) in [7, 11) is 1.53. The highest BCUT2D eigenvalue weighted by Gasteiger charge is 2.44. The number of nitrogens with zero attached hydrogens (tertiary/aromatic N) is 5. The molecule has 2 unspecified atom stereocenters. The summed E-state index contributed by atoms with van der Waals surface area (Å²) in [5.74, 6) is -0.511. The zero-order chi connectivity index (χ0) is 22.2. The van der Waals surface area contributed by atoms with Crippen LogP contribution < -0.4 is 5.32 Å². The van der Waals surface area contributed by atoms with Crippen molar-refractivity contribution in [1.29, 1.82) is 0 Å². The highest BCUT2D eigenvalue weighted by molar-refractivity contribution is 5.90. The van der Waals surface area contributed by atoms with Gasteiger partial charge in [0.25, 0.3) is 0 Å². The average molecular weight is 417 g/mol. The number of amides is 2. The summed E-state index contributed by atoms with van der Waals surface area (Å²) in [6.07, 6.45) is 1.31. The molecule has 0 spiro atoms. The van der Waals surface area contributed by atoms with Gasteiger partial charge < -0.3 is 19.9 Å². The quantitative estimate of drug-likeness (QED) is 0.758. The van der Waals surface area contributed by atoms with Crippen LogP contribution in [0, 0.1) is 19.3 Å². The topological polar surface area (TPSA) is 105 Å². The standard InChI is InChI=1S/C21H32N6O3/c1-13-7-8-14(2)25(13)10-15-11-27(24-23-15)18(21(3,4)5)20(30)26-12-16(28)9-17(26)19(29)22-6/h7-8,11,16-18,28H,9-10,12H2,1-6H3,(H,22,29)/t16?,17?,18-/m1/s1. The molecule has 164 valence electrons. The van der Waals surface area contributed by atoms with Gasteiger partial charge in [-0.05, 0) is 31.4 Å². The minimum Gasteiger partial charge on any atom is -0.391 e. The van der Waals surface area contributed by atoms with E-state index in [4.69, 9.17) is 0 Å². The van der Waals surface area contributed by atoms with Crippen LogP contribution in [0.1, 0.15) is 50.3 Å². The molecule has 0 bridgehead atoms. The van der Waals surface area contributed by atoms with Crippen molar-refractivity contribution in [1.82, 2.24) is 29.8 Å². The Bertz CT molecular complexity index is 906. The normalized spacial score (nSPS) is 20.4. The van der Waals surface area contributed by atoms with Gasteiger partial charge in [0, 0.05) is 31.4 Å². The lowest BCUT2D eigenvalue weighted by Gasteiger charge is -2.34. The van der Waals surface area contributed by atoms with Gasteiger partial charge in [0.05, 0.1) is 18.8 Å². The molecule has 0 saturated carbocycles. The number of nitrogens with one attached hydrogen (secondary N) is 1. The number of carbonyl (C=O) groups is 2. The number of aromatic nitrogens is 4. The smallest absolute Gasteiger partial charge is 0.248 e. The maximum absolute atomic E-state index is 13.5. The summed E-state index contributed by atoms with van der Waals surface area (Å²) in [5.41, 5.74) is 2.54. The monoisotopic (exact) mass is 416 g/mol. The van der Waals surface area contributed by atoms with Gasteiger partial charge in [-0.25, -0.2) is 4.68 Å². The number of aliphatic hydroxyl groups is 1. The van der Waals surface area contributed by atoms with Crippen LogP contribution in [0.2, 0.25) is 0 Å². The third kappa shape index (κ3) is 4.26. The predicted octanol–water partition coefficient (Wildman–Crippen LogP) is 1.04. The molecule has 1 aliphatic heterocycles. The molecule has 3 heterocycles. The van der Waals surface area contributed by atoms with Crippen molar-refractivity contribution in [3.05, 3.63) is 35.4 Å². The minimum absolute atomic E-state index is 0.132. The largest absolute Gasteiger partial charge is 0.391 e. The first kappa shape index (κ1) is 22.0. The van der Waals surface area contributed by atoms with Crippen molar-refractivity contribution in [2.45, 2.75) is 65.8 Å². The third-order valence-electron chi connectivity index (χ3n) is 5.72. The molecule has 2 amide bonds. The van der Waals surface area contributed by atoms with Crippen molar-refractivity contribution in [2.75, 3.05) is 13.6 Å². The van der Waals surface area contributed by atoms with Crippen LogP contribution in [0.15, 0.2) is 18.3 Å². The van der Waals surface area contributed by atoms with Gasteiger partial charge in [-0.3, -0.25) is 9.59 Å². The molecule has 0 aromatic carbocycles. The van der Waals surface area contributed by atoms with E-state index in [1.807, 2.05) is 34.6 Å². The Hall–Kier alpha value is -2.68. The van der Waals surface area contributed by atoms with E-state index in [0.29, 0.717) is 6.54 Å². The van der Waals surface area contributed by atoms with Crippen molar-refractivity contribution >= 4 is 11.8 Å². The third-order valence-corrected chi connectivity index (χ3v) is 5.72. The molecule has 3 atom stereocenters. The molecule has 2 aromatic heterocycles. The fraction of sp³-hybridized carbons (Fsp3) is 0.619. The Morgan fingerprint density at radius 2 is 1.90 bits per heavy atom. The van der Waals surface area contributed by atoms with E-state index in [9.17, 15) is 14.7 Å². The summed E-state index contributed by atoms with van der Waals surface area (Å²) in [5, 5.41) is 21.3. The van der Waals surface area contributed by atoms with E-state index >= 15 is 0 Å². The average Bonchev–Trinajstić information content (AvgIpc) is 3.36. The fourth-order valence-electron chi connectivity index (χ4n) is 4.13. The molecule has 9 heteroatoms. The van der Waals surface area contributed by atoms with Gasteiger partial charge in [0.1, 0.15) is 17.8 Å². The van der Waals surface area contributed by atoms with Crippen molar-refractivity contribution in [2.24, 2.45) is 5.41 Å². The summed E-state index contributed by atoms with van der Waals surface area (Å²) >= 11 is 0. The predicted molar refractivity (Wildman–Crippen MR) is 112 cm³/mol. The highest BCUT2D eigenvalue weighted by atomic mass is 16.3. The van der Waals surface area contributed by atoms with Gasteiger partial charge in [-0.1, -0.05) is 26.0 Å². The summed E-state index contributed by atoms with van der Waals surface area (Å²) in [6, 6.07) is 2.77. The van der Waals surface area contributed by atoms with Gasteiger partial charge in [-0.15, -0.1) is 5.10 Å². The molecule has 2 N–H and O–H groups in total. The molecular weight excluding hydrogens is 384 g/mol. The first-order valence-corrected chi connectivity index (χ1v) is 10.3. The number of aryl methyl sites for hydroxylation is 2. The zero-order valence-corrected chi connectivity index (χ0v) is 18.6. The molecule has 9 nitrogen and oxygen atoms in total. The number of hydrogen-bond donors (Lipinski definition) is 2. The molecule has 0 radical (unpaired) electrons. The number of rotatable bonds is 5. The minimum atomic E-state index is -0.720. The SMILES string of the molecule is CNC(=O)C1CC(O)CN1C(=O)[C@@H](n1cc(Cn2c(C)ccc2C)nn1)C(C)(C)C. The van der Waals surface area contributed by atoms with Crippen LogP contribution in [0.4, 0.5) is 0 Å². The maximum Gasteiger partial charge on any atom is 0.248 e. The summed E-state index contributed by atoms with van der Waals surface area (Å²) in [4.78, 5) is 27.3. The molecule has 2 aromatic rings. The Kier molecular flexibility index (Phi) is 6.03. The van der Waals surface area contributed by atoms with Crippen LogP contribution in [-0.2, 0) is 16.1 Å². The Balaban J connectivity index is 1.89. The second kappa shape index (κ2) is 8.22. The molecule has 1 saturated heterocycles. The summed E-state index contributed by atoms with van der Waals surface area (Å²) < 4.78 is 3.73. The van der Waals surface area contributed by atoms with Crippen molar-refractivity contribution in [3.8, 4) is 0 Å². The number of carbonyl (C=O) groups excluding carboxylic acids is 2. The number of β-amino-alcohol motifs (C(OH)–C–C–N with tert-alkyl or cyclic N) is 1. The first-order valence-electron chi connectivity index (χ1n) is 10.3. The second-order valence-electron chi connectivity index (χ2n) is 9.17. The van der Waals surface area contributed by atoms with Crippen molar-refractivity contribution < 1.29 is 14.7 Å². The Morgan fingerprint density at radius 3 is 2.47 bits per heavy atom. The molecule has 30 heavy (non-hydrogen) atoms. The van der Waals surface area contributed by atoms with Crippen LogP contribution in [0.3, 0.4) is 0 Å². The van der Waals surface area contributed by atoms with E-state index in [2.05, 4.69) is 32.3 Å². The van der Waals surface area contributed by atoms with E-state index in [1.54, 1.807) is 10.9 Å². The van der Waals surface area contributed by atoms with Gasteiger partial charge in [0.2, 0.25) is 11.8 Å². The first-order chi connectivity index (χ1) is 14.0. The number of hydrogen-bond acceptors (Lipinski definition) is 5. The zero-order valence-electron chi connectivity index (χ0n) is 18.6. The maximum atomic E-state index is 13.5. The lowest BCUT2D eigenvalue weighted by atomic mass is 9.85. The fourth-order valence-corrected chi connectivity index (χ4v) is 4.13. The molecule has 1 fully saturated rings. The Morgan fingerprint density at radius 1 is 1.27 bits per heavy atom. The lowest BCUT2D eigenvalue weighted by Crippen LogP contribution is -2.49. The Labute approximate surface area is 177 Å². The van der Waals surface area contributed by atoms with Gasteiger partial charge >= 0.3 is 0 Å². The summed E-state index contributed by atoms with van der Waals surface area (Å²) in [6.45, 7) is 10.6. The van der Waals surface area contributed by atoms with E-state index < -0.39 is 23.6 Å². The van der Waals surface area contributed by atoms with Crippen LogP contribution in [0.5, 0.6) is 0 Å². The molecule has 3 rings (SSSR count). The number of likely N-dealkylation sites (N-methyl/N-ethyl adjacent to an activating group) is 1. The van der Waals surface area contributed by atoms with Crippen LogP contribution in [0.25, 0.3) is 0 Å². The van der Waals surface area contributed by atoms with E-state index in [1.165, 1.54) is 11.9 Å². The van der Waals surface area contributed by atoms with Gasteiger partial charge in [0.15, 0.2) is 0 Å². The molecular formula is C21H32N6O3. The van der Waals surface area contributed by atoms with Crippen molar-refractivity contribution in [3.63, 3.8) is 0 Å². The lowest BCUT2D eigenvalue weighted by molar-refractivity contribution is -0.144. The number of likely N-dealkylation sites (tertiary alicyclic amines) is 1. The van der Waals surface area contributed by atoms with Crippen LogP contribution in [-0.4, -0.2) is 67.1 Å². The second-order valence-corrected chi connectivity index (χ2v) is 9.17. The van der Waals surface area contributed by atoms with Crippen LogP contribution >= 0.6 is 0 Å². The highest BCUT2D eigenvalue weighted by Crippen LogP contribution is 2.34. The number of aliphatic hydroxyl groups excluding tert-OH is 1. The van der Waals surface area contributed by atoms with E-state index in [0.717, 1.165) is 17.1 Å². The van der Waals surface area contributed by atoms with Gasteiger partial charge in [-0.2, -0.15) is 0 Å².